The molecule has 0 radical (unpaired) electrons. The largest absolute Gasteiger partial charge is 0.355 e. The van der Waals surface area contributed by atoms with Gasteiger partial charge in [-0.05, 0) is 55.3 Å². The molecule has 4 rings (SSSR count). The Hall–Kier alpha value is -3.30. The lowest BCUT2D eigenvalue weighted by molar-refractivity contribution is 1.35. The van der Waals surface area contributed by atoms with E-state index in [1.807, 2.05) is 30.5 Å². The molecular weight excluding hydrogens is 384 g/mol. The lowest BCUT2D eigenvalue weighted by Gasteiger charge is -2.14. The molecule has 0 atom stereocenters. The van der Waals surface area contributed by atoms with Crippen LogP contribution in [0, 0.1) is 13.8 Å². The zero-order valence-electron chi connectivity index (χ0n) is 17.2. The van der Waals surface area contributed by atoms with Gasteiger partial charge in [0.2, 0.25) is 0 Å². The Kier molecular flexibility index (Phi) is 6.31. The molecule has 2 nitrogen and oxygen atoms in total. The van der Waals surface area contributed by atoms with Gasteiger partial charge in [0.05, 0.1) is 5.69 Å². The standard InChI is InChI=1S/C27H24N2S/c1-20-11-10-12-21(2)27(20)29-24-16-7-6-13-22(24)19-28-25-17-8-9-18-26(25)30-23-14-4-3-5-15-23/h3-19,29H,1-2H3. The van der Waals surface area contributed by atoms with Crippen molar-refractivity contribution in [2.45, 2.75) is 23.6 Å². The van der Waals surface area contributed by atoms with Crippen molar-refractivity contribution in [2.24, 2.45) is 4.99 Å². The number of nitrogens with one attached hydrogen (secondary N) is 1. The minimum absolute atomic E-state index is 0.966. The predicted octanol–water partition coefficient (Wildman–Crippen LogP) is 7.95. The van der Waals surface area contributed by atoms with E-state index in [0.717, 1.165) is 27.5 Å². The van der Waals surface area contributed by atoms with Crippen LogP contribution in [0.5, 0.6) is 0 Å². The van der Waals surface area contributed by atoms with Crippen molar-refractivity contribution in [2.75, 3.05) is 5.32 Å². The highest BCUT2D eigenvalue weighted by molar-refractivity contribution is 7.99. The van der Waals surface area contributed by atoms with Gasteiger partial charge in [-0.3, -0.25) is 4.99 Å². The van der Waals surface area contributed by atoms with Crippen LogP contribution in [-0.2, 0) is 0 Å². The van der Waals surface area contributed by atoms with Gasteiger partial charge >= 0.3 is 0 Å². The lowest BCUT2D eigenvalue weighted by atomic mass is 10.1. The first kappa shape index (κ1) is 20.0. The smallest absolute Gasteiger partial charge is 0.0769 e. The number of hydrogen-bond acceptors (Lipinski definition) is 3. The highest BCUT2D eigenvalue weighted by Gasteiger charge is 2.06. The van der Waals surface area contributed by atoms with E-state index in [4.69, 9.17) is 4.99 Å². The Labute approximate surface area is 182 Å². The fraction of sp³-hybridized carbons (Fsp3) is 0.0741. The topological polar surface area (TPSA) is 24.4 Å². The number of rotatable bonds is 6. The number of benzene rings is 4. The third kappa shape index (κ3) is 4.81. The van der Waals surface area contributed by atoms with Crippen molar-refractivity contribution in [3.8, 4) is 0 Å². The van der Waals surface area contributed by atoms with Crippen LogP contribution in [0.2, 0.25) is 0 Å². The molecule has 0 aliphatic carbocycles. The lowest BCUT2D eigenvalue weighted by Crippen LogP contribution is -1.99. The zero-order valence-corrected chi connectivity index (χ0v) is 18.0. The van der Waals surface area contributed by atoms with Crippen LogP contribution in [0.25, 0.3) is 0 Å². The van der Waals surface area contributed by atoms with Gasteiger partial charge in [-0.25, -0.2) is 0 Å². The molecule has 0 bridgehead atoms. The first-order valence-electron chi connectivity index (χ1n) is 9.99. The number of aliphatic imine (C=N–C) groups is 1. The molecule has 4 aromatic carbocycles. The van der Waals surface area contributed by atoms with Crippen molar-refractivity contribution >= 4 is 35.0 Å². The van der Waals surface area contributed by atoms with Gasteiger partial charge in [0, 0.05) is 32.9 Å². The van der Waals surface area contributed by atoms with E-state index in [9.17, 15) is 0 Å². The van der Waals surface area contributed by atoms with E-state index in [1.165, 1.54) is 16.0 Å². The molecule has 0 saturated carbocycles. The minimum Gasteiger partial charge on any atom is -0.355 e. The van der Waals surface area contributed by atoms with Gasteiger partial charge < -0.3 is 5.32 Å². The molecule has 4 aromatic rings. The number of nitrogens with zero attached hydrogens (tertiary/aromatic N) is 1. The maximum atomic E-state index is 4.83. The average molecular weight is 409 g/mol. The fourth-order valence-electron chi connectivity index (χ4n) is 3.27. The summed E-state index contributed by atoms with van der Waals surface area (Å²) in [6, 6.07) is 33.3. The van der Waals surface area contributed by atoms with Crippen molar-refractivity contribution < 1.29 is 0 Å². The third-order valence-corrected chi connectivity index (χ3v) is 5.95. The summed E-state index contributed by atoms with van der Waals surface area (Å²) in [4.78, 5) is 7.18. The van der Waals surface area contributed by atoms with E-state index < -0.39 is 0 Å². The van der Waals surface area contributed by atoms with Crippen LogP contribution in [0.1, 0.15) is 16.7 Å². The normalized spacial score (nSPS) is 11.0. The van der Waals surface area contributed by atoms with Gasteiger partial charge in [-0.15, -0.1) is 0 Å². The molecular formula is C27H24N2S. The molecule has 3 heteroatoms. The van der Waals surface area contributed by atoms with Gasteiger partial charge in [-0.1, -0.05) is 78.5 Å². The molecule has 0 spiro atoms. The van der Waals surface area contributed by atoms with E-state index in [2.05, 4.69) is 92.0 Å². The Morgan fingerprint density at radius 2 is 1.37 bits per heavy atom. The van der Waals surface area contributed by atoms with Crippen molar-refractivity contribution in [3.05, 3.63) is 114 Å². The number of aryl methyl sites for hydroxylation is 2. The van der Waals surface area contributed by atoms with Gasteiger partial charge in [-0.2, -0.15) is 0 Å². The Morgan fingerprint density at radius 1 is 0.700 bits per heavy atom. The van der Waals surface area contributed by atoms with E-state index in [1.54, 1.807) is 11.8 Å². The molecule has 148 valence electrons. The average Bonchev–Trinajstić information content (AvgIpc) is 2.77. The summed E-state index contributed by atoms with van der Waals surface area (Å²) in [5.41, 5.74) is 6.68. The molecule has 0 aromatic heterocycles. The maximum absolute atomic E-state index is 4.83. The van der Waals surface area contributed by atoms with E-state index >= 15 is 0 Å². The van der Waals surface area contributed by atoms with Crippen LogP contribution in [0.15, 0.2) is 112 Å². The highest BCUT2D eigenvalue weighted by atomic mass is 32.2. The summed E-state index contributed by atoms with van der Waals surface area (Å²) in [6.45, 7) is 4.26. The van der Waals surface area contributed by atoms with Gasteiger partial charge in [0.1, 0.15) is 0 Å². The molecule has 1 N–H and O–H groups in total. The summed E-state index contributed by atoms with van der Waals surface area (Å²) in [5, 5.41) is 3.60. The van der Waals surface area contributed by atoms with Crippen molar-refractivity contribution in [1.29, 1.82) is 0 Å². The second-order valence-electron chi connectivity index (χ2n) is 7.12. The Bertz CT molecular complexity index is 1150. The SMILES string of the molecule is Cc1cccc(C)c1Nc1ccccc1C=Nc1ccccc1Sc1ccccc1. The van der Waals surface area contributed by atoms with Crippen LogP contribution in [-0.4, -0.2) is 6.21 Å². The third-order valence-electron chi connectivity index (χ3n) is 4.88. The number of anilines is 2. The van der Waals surface area contributed by atoms with Crippen LogP contribution in [0.4, 0.5) is 17.1 Å². The second kappa shape index (κ2) is 9.47. The summed E-state index contributed by atoms with van der Waals surface area (Å²) in [6.07, 6.45) is 1.94. The van der Waals surface area contributed by atoms with Gasteiger partial charge in [0.15, 0.2) is 0 Å². The Morgan fingerprint density at radius 3 is 2.17 bits per heavy atom. The predicted molar refractivity (Wildman–Crippen MR) is 130 cm³/mol. The highest BCUT2D eigenvalue weighted by Crippen LogP contribution is 2.35. The van der Waals surface area contributed by atoms with E-state index in [-0.39, 0.29) is 0 Å². The first-order chi connectivity index (χ1) is 14.7. The second-order valence-corrected chi connectivity index (χ2v) is 8.24. The van der Waals surface area contributed by atoms with Crippen LogP contribution in [0.3, 0.4) is 0 Å². The number of para-hydroxylation sites is 3. The molecule has 0 aliphatic heterocycles. The van der Waals surface area contributed by atoms with Crippen LogP contribution >= 0.6 is 11.8 Å². The van der Waals surface area contributed by atoms with E-state index in [0.29, 0.717) is 0 Å². The summed E-state index contributed by atoms with van der Waals surface area (Å²) in [7, 11) is 0. The summed E-state index contributed by atoms with van der Waals surface area (Å²) >= 11 is 1.73. The molecule has 0 fully saturated rings. The molecule has 30 heavy (non-hydrogen) atoms. The molecule has 0 unspecified atom stereocenters. The summed E-state index contributed by atoms with van der Waals surface area (Å²) in [5.74, 6) is 0. The number of hydrogen-bond donors (Lipinski definition) is 1. The Balaban J connectivity index is 1.62. The van der Waals surface area contributed by atoms with Crippen molar-refractivity contribution in [1.82, 2.24) is 0 Å². The molecule has 0 saturated heterocycles. The monoisotopic (exact) mass is 408 g/mol. The quantitative estimate of drug-likeness (QED) is 0.327. The van der Waals surface area contributed by atoms with Crippen LogP contribution < -0.4 is 5.32 Å². The zero-order chi connectivity index (χ0) is 20.8. The van der Waals surface area contributed by atoms with Gasteiger partial charge in [0.25, 0.3) is 0 Å². The molecule has 0 heterocycles. The fourth-order valence-corrected chi connectivity index (χ4v) is 4.19. The molecule has 0 amide bonds. The van der Waals surface area contributed by atoms with Crippen molar-refractivity contribution in [3.63, 3.8) is 0 Å². The summed E-state index contributed by atoms with van der Waals surface area (Å²) < 4.78 is 0. The first-order valence-corrected chi connectivity index (χ1v) is 10.8. The molecule has 0 aliphatic rings. The minimum atomic E-state index is 0.966. The maximum Gasteiger partial charge on any atom is 0.0769 e.